The van der Waals surface area contributed by atoms with Gasteiger partial charge in [0, 0.05) is 16.7 Å². The first-order valence-electron chi connectivity index (χ1n) is 11.8. The van der Waals surface area contributed by atoms with Crippen LogP contribution in [0, 0.1) is 0 Å². The molecule has 0 radical (unpaired) electrons. The van der Waals surface area contributed by atoms with Crippen LogP contribution in [-0.2, 0) is 20.1 Å². The number of ether oxygens (including phenoxy) is 1. The van der Waals surface area contributed by atoms with Gasteiger partial charge in [-0.05, 0) is 12.8 Å². The molecule has 0 aromatic heterocycles. The van der Waals surface area contributed by atoms with Crippen LogP contribution in [0.4, 0.5) is 0 Å². The van der Waals surface area contributed by atoms with Gasteiger partial charge in [0.2, 0.25) is 23.0 Å². The Labute approximate surface area is 192 Å². The maximum atomic E-state index is 13.1. The largest absolute Gasteiger partial charge is 0.504 e. The average Bonchev–Trinajstić information content (AvgIpc) is 3.15. The van der Waals surface area contributed by atoms with E-state index < -0.39 is 45.8 Å². The number of benzene rings is 1. The van der Waals surface area contributed by atoms with Gasteiger partial charge in [-0.2, -0.15) is 0 Å². The number of Topliss-reactive ketones (excluding diaryl/α,β-unsaturated/α-hetero) is 3. The fourth-order valence-corrected chi connectivity index (χ4v) is 5.07. The van der Waals surface area contributed by atoms with E-state index in [4.69, 9.17) is 4.74 Å². The predicted octanol–water partition coefficient (Wildman–Crippen LogP) is 3.93. The Bertz CT molecular complexity index is 1070. The molecule has 1 aliphatic heterocycles. The Morgan fingerprint density at radius 3 is 2.12 bits per heavy atom. The molecule has 4 rings (SSSR count). The number of fused-ring (bicyclic) bond motifs is 4. The third-order valence-electron chi connectivity index (χ3n) is 6.93. The molecule has 0 spiro atoms. The molecular weight excluding hydrogens is 424 g/mol. The van der Waals surface area contributed by atoms with E-state index in [-0.39, 0.29) is 23.1 Å². The summed E-state index contributed by atoms with van der Waals surface area (Å²) >= 11 is 0. The summed E-state index contributed by atoms with van der Waals surface area (Å²) in [4.78, 5) is 39.0. The molecule has 3 N–H and O–H groups in total. The minimum absolute atomic E-state index is 0.00161. The summed E-state index contributed by atoms with van der Waals surface area (Å²) < 4.78 is 5.48. The first kappa shape index (κ1) is 23.4. The highest BCUT2D eigenvalue weighted by Gasteiger charge is 2.74. The van der Waals surface area contributed by atoms with Crippen LogP contribution in [0.25, 0.3) is 0 Å². The van der Waals surface area contributed by atoms with Crippen molar-refractivity contribution in [3.8, 4) is 0 Å². The number of aliphatic hydroxyl groups is 3. The number of unbranched alkanes of at least 4 members (excludes halogenated alkanes) is 8. The predicted molar refractivity (Wildman–Crippen MR) is 119 cm³/mol. The number of allylic oxidation sites excluding steroid dienone is 2. The van der Waals surface area contributed by atoms with Crippen molar-refractivity contribution in [3.63, 3.8) is 0 Å². The van der Waals surface area contributed by atoms with E-state index in [0.717, 1.165) is 19.3 Å². The molecular formula is C26H30O7. The van der Waals surface area contributed by atoms with Gasteiger partial charge in [0.25, 0.3) is 5.79 Å². The lowest BCUT2D eigenvalue weighted by molar-refractivity contribution is -0.235. The van der Waals surface area contributed by atoms with Gasteiger partial charge in [-0.25, -0.2) is 0 Å². The zero-order valence-electron chi connectivity index (χ0n) is 18.9. The molecule has 0 amide bonds. The zero-order valence-corrected chi connectivity index (χ0v) is 18.9. The van der Waals surface area contributed by atoms with E-state index in [0.29, 0.717) is 6.42 Å². The molecule has 1 aromatic carbocycles. The van der Waals surface area contributed by atoms with Gasteiger partial charge in [-0.1, -0.05) is 82.6 Å². The molecule has 7 nitrogen and oxygen atoms in total. The third-order valence-corrected chi connectivity index (χ3v) is 6.93. The monoisotopic (exact) mass is 454 g/mol. The highest BCUT2D eigenvalue weighted by atomic mass is 16.7. The van der Waals surface area contributed by atoms with Crippen LogP contribution in [0.2, 0.25) is 0 Å². The first-order valence-corrected chi connectivity index (χ1v) is 11.8. The van der Waals surface area contributed by atoms with E-state index in [9.17, 15) is 29.7 Å². The van der Waals surface area contributed by atoms with Gasteiger partial charge >= 0.3 is 0 Å². The molecule has 0 unspecified atom stereocenters. The van der Waals surface area contributed by atoms with E-state index >= 15 is 0 Å². The molecule has 176 valence electrons. The van der Waals surface area contributed by atoms with Crippen molar-refractivity contribution in [1.29, 1.82) is 0 Å². The zero-order chi connectivity index (χ0) is 23.8. The van der Waals surface area contributed by atoms with Crippen LogP contribution in [0.5, 0.6) is 0 Å². The second kappa shape index (κ2) is 8.88. The lowest BCUT2D eigenvalue weighted by atomic mass is 9.79. The number of hydrogen-bond donors (Lipinski definition) is 3. The summed E-state index contributed by atoms with van der Waals surface area (Å²) in [7, 11) is 0. The average molecular weight is 455 g/mol. The van der Waals surface area contributed by atoms with Gasteiger partial charge in [-0.15, -0.1) is 0 Å². The number of carbonyl (C=O) groups is 3. The number of hydrogen-bond acceptors (Lipinski definition) is 7. The fourth-order valence-electron chi connectivity index (χ4n) is 5.07. The Balaban J connectivity index is 1.46. The maximum Gasteiger partial charge on any atom is 0.277 e. The Morgan fingerprint density at radius 2 is 1.45 bits per heavy atom. The van der Waals surface area contributed by atoms with Crippen molar-refractivity contribution in [1.82, 2.24) is 0 Å². The summed E-state index contributed by atoms with van der Waals surface area (Å²) in [6.07, 6.45) is 9.82. The number of carbonyl (C=O) groups excluding carboxylic acids is 3. The highest BCUT2D eigenvalue weighted by Crippen LogP contribution is 2.57. The van der Waals surface area contributed by atoms with Crippen molar-refractivity contribution in [2.75, 3.05) is 0 Å². The summed E-state index contributed by atoms with van der Waals surface area (Å²) in [5.74, 6) is -6.72. The molecule has 7 heteroatoms. The van der Waals surface area contributed by atoms with E-state index in [1.165, 1.54) is 44.2 Å². The van der Waals surface area contributed by atoms with Crippen LogP contribution in [0.1, 0.15) is 87.1 Å². The van der Waals surface area contributed by atoms with Gasteiger partial charge in [0.15, 0.2) is 11.5 Å². The van der Waals surface area contributed by atoms with Crippen molar-refractivity contribution >= 4 is 17.3 Å². The molecule has 33 heavy (non-hydrogen) atoms. The minimum Gasteiger partial charge on any atom is -0.504 e. The summed E-state index contributed by atoms with van der Waals surface area (Å²) in [5.41, 5.74) is -3.60. The number of ketones is 3. The standard InChI is InChI=1S/C26H30O7/c1-2-3-4-5-6-7-8-9-10-14-17-20(27)22(29)19-23(21(17)28)33-26(32)18-15-12-11-13-16(18)24(30)25(19,26)31/h11-13,15,27,31-32H,2-10,14H2,1H3/t25-,26-/m0/s1. The van der Waals surface area contributed by atoms with Crippen LogP contribution >= 0.6 is 0 Å². The molecule has 2 atom stereocenters. The quantitative estimate of drug-likeness (QED) is 0.362. The lowest BCUT2D eigenvalue weighted by Gasteiger charge is -2.29. The lowest BCUT2D eigenvalue weighted by Crippen LogP contribution is -2.52. The first-order chi connectivity index (χ1) is 15.8. The molecule has 3 aliphatic rings. The third kappa shape index (κ3) is 3.45. The Morgan fingerprint density at radius 1 is 0.848 bits per heavy atom. The van der Waals surface area contributed by atoms with Gasteiger partial charge in [-0.3, -0.25) is 14.4 Å². The fraction of sp³-hybridized carbons (Fsp3) is 0.500. The molecule has 1 heterocycles. The van der Waals surface area contributed by atoms with Gasteiger partial charge in [0.05, 0.1) is 5.57 Å². The van der Waals surface area contributed by atoms with E-state index in [2.05, 4.69) is 6.92 Å². The normalized spacial score (nSPS) is 26.0. The minimum atomic E-state index is -2.78. The smallest absolute Gasteiger partial charge is 0.277 e. The molecule has 1 aromatic rings. The van der Waals surface area contributed by atoms with E-state index in [1.807, 2.05) is 0 Å². The van der Waals surface area contributed by atoms with Crippen LogP contribution in [-0.4, -0.2) is 38.3 Å². The molecule has 2 aliphatic carbocycles. The second-order valence-electron chi connectivity index (χ2n) is 9.10. The SMILES string of the molecule is CCCCCCCCCCCC1=C(O)C(=O)C2=C(O[C@@]3(O)c4ccccc4C(=O)[C@@]23O)C1=O. The molecule has 0 saturated heterocycles. The van der Waals surface area contributed by atoms with Crippen molar-refractivity contribution in [3.05, 3.63) is 58.1 Å². The topological polar surface area (TPSA) is 121 Å². The van der Waals surface area contributed by atoms with Crippen molar-refractivity contribution < 1.29 is 34.4 Å². The summed E-state index contributed by atoms with van der Waals surface area (Å²) in [5, 5.41) is 32.9. The number of rotatable bonds is 10. The van der Waals surface area contributed by atoms with Gasteiger partial charge < -0.3 is 20.1 Å². The number of aliphatic hydroxyl groups excluding tert-OH is 1. The van der Waals surface area contributed by atoms with Crippen LogP contribution in [0.3, 0.4) is 0 Å². The molecule has 0 saturated carbocycles. The molecule has 0 bridgehead atoms. The summed E-state index contributed by atoms with van der Waals surface area (Å²) in [6.45, 7) is 2.18. The Kier molecular flexibility index (Phi) is 6.29. The van der Waals surface area contributed by atoms with Crippen molar-refractivity contribution in [2.24, 2.45) is 0 Å². The highest BCUT2D eigenvalue weighted by molar-refractivity contribution is 6.29. The molecule has 0 fully saturated rings. The van der Waals surface area contributed by atoms with Crippen molar-refractivity contribution in [2.45, 2.75) is 82.5 Å². The van der Waals surface area contributed by atoms with Gasteiger partial charge in [0.1, 0.15) is 0 Å². The van der Waals surface area contributed by atoms with Crippen LogP contribution < -0.4 is 0 Å². The Hall–Kier alpha value is -2.77. The van der Waals surface area contributed by atoms with Crippen LogP contribution in [0.15, 0.2) is 46.9 Å². The van der Waals surface area contributed by atoms with E-state index in [1.54, 1.807) is 12.1 Å². The second-order valence-corrected chi connectivity index (χ2v) is 9.10. The summed E-state index contributed by atoms with van der Waals surface area (Å²) in [6, 6.07) is 5.89. The maximum absolute atomic E-state index is 13.1.